The molecule has 0 radical (unpaired) electrons. The van der Waals surface area contributed by atoms with Gasteiger partial charge in [-0.3, -0.25) is 4.99 Å². The van der Waals surface area contributed by atoms with Gasteiger partial charge < -0.3 is 15.3 Å². The van der Waals surface area contributed by atoms with Gasteiger partial charge in [0.15, 0.2) is 0 Å². The highest BCUT2D eigenvalue weighted by atomic mass is 35.5. The first-order chi connectivity index (χ1) is 13.1. The van der Waals surface area contributed by atoms with Gasteiger partial charge in [0.2, 0.25) is 0 Å². The molecular weight excluding hydrogens is 371 g/mol. The minimum atomic E-state index is -0.478. The molecule has 2 aromatic rings. The topological polar surface area (TPSA) is 79.1 Å². The van der Waals surface area contributed by atoms with E-state index < -0.39 is 5.82 Å². The van der Waals surface area contributed by atoms with Crippen LogP contribution in [-0.4, -0.2) is 41.0 Å². The van der Waals surface area contributed by atoms with Crippen molar-refractivity contribution in [2.75, 3.05) is 18.5 Å². The summed E-state index contributed by atoms with van der Waals surface area (Å²) in [5, 5.41) is 16.3. The smallest absolute Gasteiger partial charge is 0.141 e. The van der Waals surface area contributed by atoms with E-state index in [0.717, 1.165) is 35.6 Å². The Kier molecular flexibility index (Phi) is 5.05. The van der Waals surface area contributed by atoms with E-state index >= 15 is 0 Å². The number of anilines is 1. The maximum atomic E-state index is 13.4. The first-order valence-electron chi connectivity index (χ1n) is 8.68. The summed E-state index contributed by atoms with van der Waals surface area (Å²) < 4.78 is 18.7. The number of oxime groups is 1. The molecule has 140 valence electrons. The van der Waals surface area contributed by atoms with E-state index in [1.54, 1.807) is 12.3 Å². The van der Waals surface area contributed by atoms with Crippen LogP contribution in [0.1, 0.15) is 23.1 Å². The molecule has 1 atom stereocenters. The predicted molar refractivity (Wildman–Crippen MR) is 102 cm³/mol. The number of amidine groups is 1. The van der Waals surface area contributed by atoms with E-state index in [4.69, 9.17) is 21.3 Å². The molecule has 0 aliphatic carbocycles. The number of aliphatic imine (C=N–C) groups is 1. The van der Waals surface area contributed by atoms with Crippen LogP contribution in [0, 0.1) is 5.82 Å². The van der Waals surface area contributed by atoms with Gasteiger partial charge in [-0.25, -0.2) is 9.37 Å². The summed E-state index contributed by atoms with van der Waals surface area (Å²) in [5.41, 5.74) is 2.92. The Morgan fingerprint density at radius 3 is 3.04 bits per heavy atom. The van der Waals surface area contributed by atoms with Crippen molar-refractivity contribution in [2.45, 2.75) is 25.3 Å². The van der Waals surface area contributed by atoms with Gasteiger partial charge in [0.1, 0.15) is 17.5 Å². The molecule has 2 aliphatic rings. The van der Waals surface area contributed by atoms with Crippen molar-refractivity contribution in [3.63, 3.8) is 0 Å². The number of hydrogen-bond donors (Lipinski definition) is 2. The largest absolute Gasteiger partial charge is 0.411 e. The summed E-state index contributed by atoms with van der Waals surface area (Å²) in [6, 6.07) is 6.44. The molecule has 1 saturated heterocycles. The predicted octanol–water partition coefficient (Wildman–Crippen LogP) is 3.45. The summed E-state index contributed by atoms with van der Waals surface area (Å²) >= 11 is 5.86. The van der Waals surface area contributed by atoms with Gasteiger partial charge in [-0.05, 0) is 30.2 Å². The first kappa shape index (κ1) is 17.9. The van der Waals surface area contributed by atoms with Crippen LogP contribution < -0.4 is 5.32 Å². The lowest BCUT2D eigenvalue weighted by Crippen LogP contribution is -2.13. The van der Waals surface area contributed by atoms with Crippen molar-refractivity contribution in [2.24, 2.45) is 10.1 Å². The number of aromatic nitrogens is 1. The Labute approximate surface area is 160 Å². The second-order valence-corrected chi connectivity index (χ2v) is 6.96. The number of rotatable bonds is 4. The molecule has 0 saturated carbocycles. The van der Waals surface area contributed by atoms with Gasteiger partial charge in [0.25, 0.3) is 0 Å². The fourth-order valence-electron chi connectivity index (χ4n) is 3.35. The molecule has 4 rings (SSSR count). The quantitative estimate of drug-likeness (QED) is 0.477. The highest BCUT2D eigenvalue weighted by molar-refractivity contribution is 6.30. The lowest BCUT2D eigenvalue weighted by molar-refractivity contribution is 0.194. The zero-order valence-corrected chi connectivity index (χ0v) is 15.2. The van der Waals surface area contributed by atoms with Crippen LogP contribution in [0.25, 0.3) is 0 Å². The zero-order chi connectivity index (χ0) is 18.8. The maximum Gasteiger partial charge on any atom is 0.141 e. The number of hydrogen-bond acceptors (Lipinski definition) is 5. The molecule has 2 N–H and O–H groups in total. The van der Waals surface area contributed by atoms with Crippen molar-refractivity contribution >= 4 is 29.0 Å². The third kappa shape index (κ3) is 3.79. The van der Waals surface area contributed by atoms with Crippen LogP contribution in [0.15, 0.2) is 40.6 Å². The molecule has 8 heteroatoms. The second-order valence-electron chi connectivity index (χ2n) is 6.55. The van der Waals surface area contributed by atoms with Crippen LogP contribution in [-0.2, 0) is 17.6 Å². The molecule has 0 spiro atoms. The fraction of sp³-hybridized carbons (Fsp3) is 0.316. The average molecular weight is 389 g/mol. The summed E-state index contributed by atoms with van der Waals surface area (Å²) in [6.07, 6.45) is 3.47. The molecule has 1 aromatic heterocycles. The highest BCUT2D eigenvalue weighted by Crippen LogP contribution is 2.27. The first-order valence-corrected chi connectivity index (χ1v) is 9.06. The normalized spacial score (nSPS) is 20.7. The number of nitrogens with zero attached hydrogens (tertiary/aromatic N) is 3. The van der Waals surface area contributed by atoms with Crippen molar-refractivity contribution < 1.29 is 14.3 Å². The molecule has 27 heavy (non-hydrogen) atoms. The Morgan fingerprint density at radius 2 is 2.30 bits per heavy atom. The van der Waals surface area contributed by atoms with Gasteiger partial charge in [-0.1, -0.05) is 22.8 Å². The van der Waals surface area contributed by atoms with E-state index in [1.165, 1.54) is 12.1 Å². The molecule has 6 nitrogen and oxygen atoms in total. The van der Waals surface area contributed by atoms with E-state index in [1.807, 2.05) is 6.07 Å². The molecule has 2 aliphatic heterocycles. The summed E-state index contributed by atoms with van der Waals surface area (Å²) in [5.74, 6) is 1.07. The third-order valence-electron chi connectivity index (χ3n) is 4.69. The van der Waals surface area contributed by atoms with E-state index in [-0.39, 0.29) is 11.1 Å². The van der Waals surface area contributed by atoms with Crippen molar-refractivity contribution in [1.82, 2.24) is 4.98 Å². The minimum Gasteiger partial charge on any atom is -0.411 e. The number of nitrogens with one attached hydrogen (secondary N) is 1. The van der Waals surface area contributed by atoms with Gasteiger partial charge in [-0.15, -0.1) is 0 Å². The second kappa shape index (κ2) is 7.62. The third-order valence-corrected chi connectivity index (χ3v) is 4.98. The van der Waals surface area contributed by atoms with Crippen LogP contribution in [0.2, 0.25) is 5.02 Å². The highest BCUT2D eigenvalue weighted by Gasteiger charge is 2.25. The molecule has 1 aromatic carbocycles. The van der Waals surface area contributed by atoms with Crippen molar-refractivity contribution in [1.29, 1.82) is 0 Å². The molecule has 1 fully saturated rings. The number of ether oxygens (including phenoxy) is 1. The van der Waals surface area contributed by atoms with Gasteiger partial charge in [-0.2, -0.15) is 0 Å². The summed E-state index contributed by atoms with van der Waals surface area (Å²) in [6.45, 7) is 1.37. The van der Waals surface area contributed by atoms with E-state index in [2.05, 4.69) is 15.5 Å². The SMILES string of the molecule is O/N=C(\Cc1ccc(F)c(Cl)c1)c1ccnc2c1CC(=NC1CCOC1)N2. The Hall–Kier alpha value is -2.51. The van der Waals surface area contributed by atoms with Crippen LogP contribution in [0.5, 0.6) is 0 Å². The van der Waals surface area contributed by atoms with Crippen molar-refractivity contribution in [3.05, 3.63) is 58.0 Å². The average Bonchev–Trinajstić information content (AvgIpc) is 3.32. The summed E-state index contributed by atoms with van der Waals surface area (Å²) in [4.78, 5) is 9.06. The lowest BCUT2D eigenvalue weighted by atomic mass is 9.98. The van der Waals surface area contributed by atoms with E-state index in [0.29, 0.717) is 31.0 Å². The Balaban J connectivity index is 1.59. The molecular formula is C19H18ClFN4O2. The number of fused-ring (bicyclic) bond motifs is 1. The number of halogens is 2. The lowest BCUT2D eigenvalue weighted by Gasteiger charge is -2.09. The van der Waals surface area contributed by atoms with Gasteiger partial charge in [0.05, 0.1) is 23.4 Å². The maximum absolute atomic E-state index is 13.4. The minimum absolute atomic E-state index is 0.0413. The molecule has 0 amide bonds. The zero-order valence-electron chi connectivity index (χ0n) is 14.5. The number of pyridine rings is 1. The monoisotopic (exact) mass is 388 g/mol. The standard InChI is InChI=1S/C19H18ClFN4O2/c20-15-7-11(1-2-16(15)21)8-17(25-26)13-3-5-22-19-14(13)9-18(24-19)23-12-4-6-27-10-12/h1-3,5,7,12,26H,4,6,8-10H2,(H,22,23,24)/b25-17+. The van der Waals surface area contributed by atoms with E-state index in [9.17, 15) is 9.60 Å². The molecule has 1 unspecified atom stereocenters. The summed E-state index contributed by atoms with van der Waals surface area (Å²) in [7, 11) is 0. The Bertz CT molecular complexity index is 926. The van der Waals surface area contributed by atoms with Crippen LogP contribution >= 0.6 is 11.6 Å². The van der Waals surface area contributed by atoms with Gasteiger partial charge in [0, 0.05) is 36.8 Å². The molecule has 3 heterocycles. The Morgan fingerprint density at radius 1 is 1.41 bits per heavy atom. The van der Waals surface area contributed by atoms with Crippen molar-refractivity contribution in [3.8, 4) is 0 Å². The van der Waals surface area contributed by atoms with Gasteiger partial charge >= 0.3 is 0 Å². The van der Waals surface area contributed by atoms with Crippen LogP contribution in [0.4, 0.5) is 10.2 Å². The van der Waals surface area contributed by atoms with Crippen LogP contribution in [0.3, 0.4) is 0 Å². The molecule has 0 bridgehead atoms. The fourth-order valence-corrected chi connectivity index (χ4v) is 3.55. The number of benzene rings is 1.